The molecule has 1 aliphatic heterocycles. The molecule has 4 rings (SSSR count). The zero-order chi connectivity index (χ0) is 25.9. The molecule has 36 heavy (non-hydrogen) atoms. The maximum absolute atomic E-state index is 13.3. The van der Waals surface area contributed by atoms with Crippen LogP contribution < -0.4 is 9.64 Å². The van der Waals surface area contributed by atoms with Crippen LogP contribution in [0.3, 0.4) is 0 Å². The molecule has 0 aliphatic carbocycles. The van der Waals surface area contributed by atoms with E-state index in [9.17, 15) is 22.8 Å². The van der Waals surface area contributed by atoms with Crippen molar-refractivity contribution in [2.75, 3.05) is 12.0 Å². The molecule has 0 atom stereocenters. The van der Waals surface area contributed by atoms with Crippen LogP contribution in [-0.4, -0.2) is 19.0 Å². The molecule has 184 valence electrons. The first kappa shape index (κ1) is 24.8. The smallest absolute Gasteiger partial charge is 0.416 e. The van der Waals surface area contributed by atoms with Gasteiger partial charge in [-0.15, -0.1) is 0 Å². The van der Waals surface area contributed by atoms with Gasteiger partial charge in [-0.05, 0) is 54.5 Å². The third-order valence-electron chi connectivity index (χ3n) is 5.66. The Hall–Kier alpha value is -4.33. The summed E-state index contributed by atoms with van der Waals surface area (Å²) in [7, 11) is 1.18. The van der Waals surface area contributed by atoms with Gasteiger partial charge in [0.2, 0.25) is 0 Å². The Balaban J connectivity index is 1.64. The average Bonchev–Trinajstić information content (AvgIpc) is 3.12. The molecule has 3 aromatic carbocycles. The number of hydrogen-bond donors (Lipinski definition) is 0. The Morgan fingerprint density at radius 2 is 1.67 bits per heavy atom. The van der Waals surface area contributed by atoms with Gasteiger partial charge in [-0.25, -0.2) is 4.79 Å². The third kappa shape index (κ3) is 5.17. The number of amides is 1. The highest BCUT2D eigenvalue weighted by Gasteiger charge is 2.39. The summed E-state index contributed by atoms with van der Waals surface area (Å²) >= 11 is 0. The van der Waals surface area contributed by atoms with Gasteiger partial charge in [0.1, 0.15) is 12.4 Å². The quantitative estimate of drug-likeness (QED) is 0.305. The number of carbonyl (C=O) groups is 2. The summed E-state index contributed by atoms with van der Waals surface area (Å²) in [6, 6.07) is 20.9. The van der Waals surface area contributed by atoms with Gasteiger partial charge < -0.3 is 9.47 Å². The van der Waals surface area contributed by atoms with Crippen LogP contribution in [0.5, 0.6) is 5.75 Å². The van der Waals surface area contributed by atoms with Crippen LogP contribution in [-0.2, 0) is 27.1 Å². The van der Waals surface area contributed by atoms with Crippen LogP contribution in [0, 0.1) is 0 Å². The van der Waals surface area contributed by atoms with Gasteiger partial charge in [-0.3, -0.25) is 9.69 Å². The Morgan fingerprint density at radius 1 is 0.972 bits per heavy atom. The molecule has 0 spiro atoms. The van der Waals surface area contributed by atoms with Crippen molar-refractivity contribution in [3.05, 3.63) is 112 Å². The molecule has 1 heterocycles. The first-order valence-corrected chi connectivity index (χ1v) is 11.0. The van der Waals surface area contributed by atoms with E-state index < -0.39 is 23.6 Å². The minimum atomic E-state index is -4.58. The van der Waals surface area contributed by atoms with Crippen molar-refractivity contribution >= 4 is 23.6 Å². The summed E-state index contributed by atoms with van der Waals surface area (Å²) in [5.41, 5.74) is 0.911. The fraction of sp³-hybridized carbons (Fsp3) is 0.143. The lowest BCUT2D eigenvalue weighted by molar-refractivity contribution is -0.137. The zero-order valence-electron chi connectivity index (χ0n) is 19.5. The third-order valence-corrected chi connectivity index (χ3v) is 5.66. The predicted molar refractivity (Wildman–Crippen MR) is 129 cm³/mol. The molecule has 0 radical (unpaired) electrons. The van der Waals surface area contributed by atoms with E-state index in [-0.39, 0.29) is 22.5 Å². The van der Waals surface area contributed by atoms with Crippen LogP contribution in [0.1, 0.15) is 23.6 Å². The van der Waals surface area contributed by atoms with Gasteiger partial charge in [0.15, 0.2) is 0 Å². The molecule has 8 heteroatoms. The molecule has 0 N–H and O–H groups in total. The van der Waals surface area contributed by atoms with E-state index in [1.165, 1.54) is 32.2 Å². The summed E-state index contributed by atoms with van der Waals surface area (Å²) in [5.74, 6) is -0.773. The van der Waals surface area contributed by atoms with E-state index in [4.69, 9.17) is 9.47 Å². The van der Waals surface area contributed by atoms with E-state index in [2.05, 4.69) is 0 Å². The maximum Gasteiger partial charge on any atom is 0.416 e. The Labute approximate surface area is 206 Å². The highest BCUT2D eigenvalue weighted by Crippen LogP contribution is 2.38. The maximum atomic E-state index is 13.3. The van der Waals surface area contributed by atoms with Crippen LogP contribution in [0.2, 0.25) is 0 Å². The van der Waals surface area contributed by atoms with Crippen molar-refractivity contribution in [1.82, 2.24) is 0 Å². The standard InChI is InChI=1S/C28H22F3NO4/c1-18-25(27(34)35-2)24(26(33)32(18)22-10-6-9-21(16-22)28(29,30)31)15-19-11-13-23(14-12-19)36-17-20-7-4-3-5-8-20/h3-16H,17H2,1-2H3/b24-15-. The molecule has 3 aromatic rings. The van der Waals surface area contributed by atoms with E-state index in [0.717, 1.165) is 22.6 Å². The lowest BCUT2D eigenvalue weighted by Gasteiger charge is -2.19. The van der Waals surface area contributed by atoms with Gasteiger partial charge in [-0.2, -0.15) is 13.2 Å². The number of esters is 1. The number of benzene rings is 3. The number of halogens is 3. The molecule has 0 fully saturated rings. The van der Waals surface area contributed by atoms with Crippen molar-refractivity contribution in [2.24, 2.45) is 0 Å². The summed E-state index contributed by atoms with van der Waals surface area (Å²) < 4.78 is 50.4. The molecule has 0 saturated heterocycles. The summed E-state index contributed by atoms with van der Waals surface area (Å²) in [6.45, 7) is 1.88. The summed E-state index contributed by atoms with van der Waals surface area (Å²) in [6.07, 6.45) is -3.07. The number of ether oxygens (including phenoxy) is 2. The predicted octanol–water partition coefficient (Wildman–Crippen LogP) is 6.16. The number of rotatable bonds is 6. The molecule has 0 saturated carbocycles. The van der Waals surface area contributed by atoms with E-state index >= 15 is 0 Å². The lowest BCUT2D eigenvalue weighted by atomic mass is 10.0. The van der Waals surface area contributed by atoms with Gasteiger partial charge >= 0.3 is 12.1 Å². The van der Waals surface area contributed by atoms with Gasteiger partial charge in [0.05, 0.1) is 23.8 Å². The van der Waals surface area contributed by atoms with Crippen LogP contribution in [0.4, 0.5) is 18.9 Å². The second kappa shape index (κ2) is 10.1. The van der Waals surface area contributed by atoms with Crippen molar-refractivity contribution < 1.29 is 32.2 Å². The zero-order valence-corrected chi connectivity index (χ0v) is 19.5. The topological polar surface area (TPSA) is 55.8 Å². The SMILES string of the molecule is COC(=O)C1=C(C)N(c2cccc(C(F)(F)F)c2)C(=O)/C1=C\c1ccc(OCc2ccccc2)cc1. The number of alkyl halides is 3. The van der Waals surface area contributed by atoms with Crippen molar-refractivity contribution in [1.29, 1.82) is 0 Å². The number of anilines is 1. The summed E-state index contributed by atoms with van der Waals surface area (Å²) in [4.78, 5) is 27.0. The minimum Gasteiger partial charge on any atom is -0.489 e. The van der Waals surface area contributed by atoms with Crippen LogP contribution in [0.15, 0.2) is 95.7 Å². The van der Waals surface area contributed by atoms with Gasteiger partial charge in [-0.1, -0.05) is 48.5 Å². The second-order valence-electron chi connectivity index (χ2n) is 8.04. The molecule has 5 nitrogen and oxygen atoms in total. The monoisotopic (exact) mass is 493 g/mol. The molecule has 0 bridgehead atoms. The average molecular weight is 493 g/mol. The largest absolute Gasteiger partial charge is 0.489 e. The second-order valence-corrected chi connectivity index (χ2v) is 8.04. The molecular formula is C28H22F3NO4. The number of carbonyl (C=O) groups excluding carboxylic acids is 2. The normalized spacial score (nSPS) is 15.0. The lowest BCUT2D eigenvalue weighted by Crippen LogP contribution is -2.24. The number of nitrogens with zero attached hydrogens (tertiary/aromatic N) is 1. The van der Waals surface area contributed by atoms with Gasteiger partial charge in [0, 0.05) is 11.4 Å². The highest BCUT2D eigenvalue weighted by atomic mass is 19.4. The Morgan fingerprint density at radius 3 is 2.31 bits per heavy atom. The molecule has 1 aliphatic rings. The number of methoxy groups -OCH3 is 1. The van der Waals surface area contributed by atoms with E-state index in [1.54, 1.807) is 24.3 Å². The number of allylic oxidation sites excluding steroid dienone is 1. The minimum absolute atomic E-state index is 0.00166. The van der Waals surface area contributed by atoms with Gasteiger partial charge in [0.25, 0.3) is 5.91 Å². The van der Waals surface area contributed by atoms with E-state index in [1.807, 2.05) is 30.3 Å². The fourth-order valence-corrected chi connectivity index (χ4v) is 3.88. The first-order valence-electron chi connectivity index (χ1n) is 11.0. The molecule has 0 unspecified atom stereocenters. The van der Waals surface area contributed by atoms with E-state index in [0.29, 0.717) is 17.9 Å². The van der Waals surface area contributed by atoms with Crippen molar-refractivity contribution in [3.8, 4) is 5.75 Å². The molecular weight excluding hydrogens is 471 g/mol. The van der Waals surface area contributed by atoms with Crippen molar-refractivity contribution in [3.63, 3.8) is 0 Å². The highest BCUT2D eigenvalue weighted by molar-refractivity contribution is 6.23. The van der Waals surface area contributed by atoms with Crippen LogP contribution >= 0.6 is 0 Å². The first-order chi connectivity index (χ1) is 17.2. The number of hydrogen-bond acceptors (Lipinski definition) is 4. The molecule has 1 amide bonds. The Kier molecular flexibility index (Phi) is 6.96. The van der Waals surface area contributed by atoms with Crippen molar-refractivity contribution in [2.45, 2.75) is 19.7 Å². The Bertz CT molecular complexity index is 1340. The van der Waals surface area contributed by atoms with Crippen LogP contribution in [0.25, 0.3) is 6.08 Å². The summed E-state index contributed by atoms with van der Waals surface area (Å²) in [5, 5.41) is 0. The fourth-order valence-electron chi connectivity index (χ4n) is 3.88. The molecule has 0 aromatic heterocycles.